The van der Waals surface area contributed by atoms with Crippen molar-refractivity contribution in [2.75, 3.05) is 13.2 Å². The van der Waals surface area contributed by atoms with E-state index in [1.807, 2.05) is 12.1 Å². The van der Waals surface area contributed by atoms with Crippen molar-refractivity contribution in [3.63, 3.8) is 0 Å². The van der Waals surface area contributed by atoms with E-state index in [9.17, 15) is 14.4 Å². The van der Waals surface area contributed by atoms with Crippen LogP contribution in [0.25, 0.3) is 6.08 Å². The first-order chi connectivity index (χ1) is 17.4. The molecule has 2 rings (SSSR count). The molecule has 0 saturated carbocycles. The van der Waals surface area contributed by atoms with Gasteiger partial charge in [0.1, 0.15) is 24.7 Å². The summed E-state index contributed by atoms with van der Waals surface area (Å²) in [6.45, 7) is 8.61. The molecule has 0 spiro atoms. The van der Waals surface area contributed by atoms with E-state index < -0.39 is 24.0 Å². The molecule has 0 N–H and O–H groups in total. The van der Waals surface area contributed by atoms with Gasteiger partial charge in [-0.1, -0.05) is 57.2 Å². The zero-order valence-electron chi connectivity index (χ0n) is 20.5. The molecule has 7 heteroatoms. The van der Waals surface area contributed by atoms with Crippen LogP contribution in [-0.2, 0) is 30.3 Å². The second-order valence-electron chi connectivity index (χ2n) is 7.83. The SMILES string of the molecule is C=CC(=O)OCC(COc1ccc(/C=C/C(=O)Oc2ccc(CCCCC)cc2)cc1)OC(=O)C=C. The van der Waals surface area contributed by atoms with Crippen LogP contribution in [0, 0.1) is 0 Å². The molecule has 1 atom stereocenters. The van der Waals surface area contributed by atoms with E-state index in [4.69, 9.17) is 18.9 Å². The monoisotopic (exact) mass is 492 g/mol. The summed E-state index contributed by atoms with van der Waals surface area (Å²) in [4.78, 5) is 34.9. The molecular weight excluding hydrogens is 460 g/mol. The number of hydrogen-bond acceptors (Lipinski definition) is 7. The maximum absolute atomic E-state index is 12.1. The van der Waals surface area contributed by atoms with Crippen LogP contribution in [0.3, 0.4) is 0 Å². The topological polar surface area (TPSA) is 88.1 Å². The van der Waals surface area contributed by atoms with Gasteiger partial charge in [-0.15, -0.1) is 0 Å². The fraction of sp³-hybridized carbons (Fsp3) is 0.276. The zero-order chi connectivity index (χ0) is 26.2. The summed E-state index contributed by atoms with van der Waals surface area (Å²) < 4.78 is 21.0. The molecule has 0 radical (unpaired) electrons. The minimum absolute atomic E-state index is 0.0388. The van der Waals surface area contributed by atoms with E-state index >= 15 is 0 Å². The number of aryl methyl sites for hydroxylation is 1. The molecule has 36 heavy (non-hydrogen) atoms. The van der Waals surface area contributed by atoms with Crippen LogP contribution in [0.5, 0.6) is 11.5 Å². The standard InChI is InChI=1S/C29H32O7/c1-4-7-8-9-22-12-17-25(18-13-22)35-29(32)19-14-23-10-15-24(16-11-23)33-20-26(36-28(31)6-3)21-34-27(30)5-2/h5-6,10-19,26H,2-4,7-9,20-21H2,1H3/b19-14+. The number of ether oxygens (including phenoxy) is 4. The Balaban J connectivity index is 1.84. The molecule has 0 amide bonds. The van der Waals surface area contributed by atoms with Gasteiger partial charge >= 0.3 is 17.9 Å². The van der Waals surface area contributed by atoms with Crippen LogP contribution in [0.2, 0.25) is 0 Å². The van der Waals surface area contributed by atoms with Crippen LogP contribution in [0.1, 0.15) is 37.3 Å². The van der Waals surface area contributed by atoms with Gasteiger partial charge < -0.3 is 18.9 Å². The molecule has 0 saturated heterocycles. The molecular formula is C29H32O7. The highest BCUT2D eigenvalue weighted by molar-refractivity contribution is 5.88. The lowest BCUT2D eigenvalue weighted by atomic mass is 10.1. The fourth-order valence-electron chi connectivity index (χ4n) is 3.04. The second-order valence-corrected chi connectivity index (χ2v) is 7.83. The highest BCUT2D eigenvalue weighted by atomic mass is 16.6. The Morgan fingerprint density at radius 3 is 2.14 bits per heavy atom. The Bertz CT molecular complexity index is 1040. The van der Waals surface area contributed by atoms with Gasteiger partial charge in [-0.3, -0.25) is 0 Å². The summed E-state index contributed by atoms with van der Waals surface area (Å²) in [6, 6.07) is 14.5. The average molecular weight is 493 g/mol. The average Bonchev–Trinajstić information content (AvgIpc) is 2.90. The summed E-state index contributed by atoms with van der Waals surface area (Å²) in [6.07, 6.45) is 8.74. The second kappa shape index (κ2) is 15.7. The minimum Gasteiger partial charge on any atom is -0.490 e. The van der Waals surface area contributed by atoms with E-state index in [0.29, 0.717) is 11.5 Å². The van der Waals surface area contributed by atoms with E-state index in [-0.39, 0.29) is 13.2 Å². The predicted octanol–water partition coefficient (Wildman–Crippen LogP) is 5.24. The first-order valence-electron chi connectivity index (χ1n) is 11.8. The Kier molecular flexibility index (Phi) is 12.3. The van der Waals surface area contributed by atoms with Crippen LogP contribution in [-0.4, -0.2) is 37.2 Å². The number of esters is 3. The van der Waals surface area contributed by atoms with Crippen molar-refractivity contribution < 1.29 is 33.3 Å². The fourth-order valence-corrected chi connectivity index (χ4v) is 3.04. The molecule has 0 aromatic heterocycles. The van der Waals surface area contributed by atoms with E-state index in [2.05, 4.69) is 20.1 Å². The minimum atomic E-state index is -0.820. The van der Waals surface area contributed by atoms with Crippen LogP contribution >= 0.6 is 0 Å². The number of rotatable bonds is 15. The van der Waals surface area contributed by atoms with Gasteiger partial charge in [-0.05, 0) is 54.3 Å². The van der Waals surface area contributed by atoms with Crippen LogP contribution in [0.4, 0.5) is 0 Å². The highest BCUT2D eigenvalue weighted by Gasteiger charge is 2.16. The third-order valence-electron chi connectivity index (χ3n) is 4.97. The smallest absolute Gasteiger partial charge is 0.336 e. The van der Waals surface area contributed by atoms with Crippen molar-refractivity contribution >= 4 is 24.0 Å². The Labute approximate surface area is 212 Å². The largest absolute Gasteiger partial charge is 0.490 e. The van der Waals surface area contributed by atoms with Gasteiger partial charge in [0.05, 0.1) is 0 Å². The maximum Gasteiger partial charge on any atom is 0.336 e. The van der Waals surface area contributed by atoms with Gasteiger partial charge in [0, 0.05) is 18.2 Å². The Hall–Kier alpha value is -4.13. The summed E-state index contributed by atoms with van der Waals surface area (Å²) in [5, 5.41) is 0. The molecule has 0 heterocycles. The van der Waals surface area contributed by atoms with E-state index in [0.717, 1.165) is 30.6 Å². The summed E-state index contributed by atoms with van der Waals surface area (Å²) in [5.41, 5.74) is 1.99. The summed E-state index contributed by atoms with van der Waals surface area (Å²) >= 11 is 0. The van der Waals surface area contributed by atoms with Crippen molar-refractivity contribution in [3.8, 4) is 11.5 Å². The molecule has 0 bridgehead atoms. The van der Waals surface area contributed by atoms with Crippen molar-refractivity contribution in [2.45, 2.75) is 38.7 Å². The molecule has 2 aromatic rings. The molecule has 0 aliphatic heterocycles. The molecule has 7 nitrogen and oxygen atoms in total. The van der Waals surface area contributed by atoms with Gasteiger partial charge in [-0.25, -0.2) is 14.4 Å². The number of hydrogen-bond donors (Lipinski definition) is 0. The molecule has 0 aliphatic rings. The third kappa shape index (κ3) is 10.9. The zero-order valence-corrected chi connectivity index (χ0v) is 20.5. The lowest BCUT2D eigenvalue weighted by molar-refractivity contribution is -0.154. The van der Waals surface area contributed by atoms with Crippen molar-refractivity contribution in [1.82, 2.24) is 0 Å². The highest BCUT2D eigenvalue weighted by Crippen LogP contribution is 2.16. The number of carbonyl (C=O) groups is 3. The summed E-state index contributed by atoms with van der Waals surface area (Å²) in [7, 11) is 0. The Morgan fingerprint density at radius 1 is 0.833 bits per heavy atom. The number of unbranched alkanes of at least 4 members (excludes halogenated alkanes) is 2. The van der Waals surface area contributed by atoms with Gasteiger partial charge in [0.25, 0.3) is 0 Å². The lowest BCUT2D eigenvalue weighted by Crippen LogP contribution is -2.30. The van der Waals surface area contributed by atoms with E-state index in [1.165, 1.54) is 24.5 Å². The predicted molar refractivity (Wildman–Crippen MR) is 138 cm³/mol. The quantitative estimate of drug-likeness (QED) is 0.145. The van der Waals surface area contributed by atoms with Crippen molar-refractivity contribution in [2.24, 2.45) is 0 Å². The lowest BCUT2D eigenvalue weighted by Gasteiger charge is -2.17. The summed E-state index contributed by atoms with van der Waals surface area (Å²) in [5.74, 6) is -0.770. The molecule has 0 aliphatic carbocycles. The Morgan fingerprint density at radius 2 is 1.50 bits per heavy atom. The first-order valence-corrected chi connectivity index (χ1v) is 11.8. The maximum atomic E-state index is 12.1. The number of carbonyl (C=O) groups excluding carboxylic acids is 3. The molecule has 1 unspecified atom stereocenters. The van der Waals surface area contributed by atoms with Crippen molar-refractivity contribution in [3.05, 3.63) is 91.0 Å². The van der Waals surface area contributed by atoms with Crippen LogP contribution < -0.4 is 9.47 Å². The first kappa shape index (κ1) is 28.1. The van der Waals surface area contributed by atoms with Crippen molar-refractivity contribution in [1.29, 1.82) is 0 Å². The molecule has 2 aromatic carbocycles. The van der Waals surface area contributed by atoms with Gasteiger partial charge in [0.2, 0.25) is 0 Å². The normalized spacial score (nSPS) is 11.4. The molecule has 0 fully saturated rings. The number of benzene rings is 2. The third-order valence-corrected chi connectivity index (χ3v) is 4.97. The van der Waals surface area contributed by atoms with E-state index in [1.54, 1.807) is 42.5 Å². The van der Waals surface area contributed by atoms with Gasteiger partial charge in [-0.2, -0.15) is 0 Å². The molecule has 190 valence electrons. The van der Waals surface area contributed by atoms with Crippen LogP contribution in [0.15, 0.2) is 79.9 Å². The van der Waals surface area contributed by atoms with Gasteiger partial charge in [0.15, 0.2) is 6.10 Å².